The summed E-state index contributed by atoms with van der Waals surface area (Å²) < 4.78 is 0. The topological polar surface area (TPSA) is 95.1 Å². The number of H-pyrrole nitrogens is 1. The molecule has 2 rings (SSSR count). The van der Waals surface area contributed by atoms with Crippen LogP contribution in [0.15, 0.2) is 40.3 Å². The maximum atomic E-state index is 11.8. The van der Waals surface area contributed by atoms with Gasteiger partial charge in [-0.05, 0) is 18.6 Å². The Hall–Kier alpha value is -2.28. The number of aromatic hydroxyl groups is 1. The fourth-order valence-electron chi connectivity index (χ4n) is 1.52. The first kappa shape index (κ1) is 14.1. The molecule has 0 saturated heterocycles. The number of para-hydroxylation sites is 1. The van der Waals surface area contributed by atoms with Gasteiger partial charge in [0.05, 0.1) is 11.8 Å². The molecular formula is C13H13N3O3S. The number of aromatic amines is 1. The molecule has 1 aromatic carbocycles. The number of hydrogen-bond donors (Lipinski definition) is 3. The average Bonchev–Trinajstić information content (AvgIpc) is 2.38. The molecule has 0 unspecified atom stereocenters. The largest absolute Gasteiger partial charge is 0.493 e. The average molecular weight is 291 g/mol. The summed E-state index contributed by atoms with van der Waals surface area (Å²) in [4.78, 5) is 29.1. The summed E-state index contributed by atoms with van der Waals surface area (Å²) >= 11 is 1.04. The maximum Gasteiger partial charge on any atom is 0.255 e. The van der Waals surface area contributed by atoms with Gasteiger partial charge in [-0.25, -0.2) is 0 Å². The molecule has 1 aromatic heterocycles. The van der Waals surface area contributed by atoms with Crippen LogP contribution in [0.4, 0.5) is 5.69 Å². The second kappa shape index (κ2) is 6.25. The lowest BCUT2D eigenvalue weighted by atomic mass is 10.2. The summed E-state index contributed by atoms with van der Waals surface area (Å²) in [5, 5.41) is 12.2. The number of benzene rings is 1. The van der Waals surface area contributed by atoms with Crippen molar-refractivity contribution in [1.29, 1.82) is 0 Å². The molecule has 0 aliphatic carbocycles. The summed E-state index contributed by atoms with van der Waals surface area (Å²) in [5.74, 6) is -0.494. The molecule has 0 fully saturated rings. The van der Waals surface area contributed by atoms with Crippen molar-refractivity contribution in [2.75, 3.05) is 11.1 Å². The second-order valence-electron chi connectivity index (χ2n) is 4.06. The first-order chi connectivity index (χ1) is 9.54. The van der Waals surface area contributed by atoms with Crippen LogP contribution in [0.2, 0.25) is 0 Å². The zero-order valence-electron chi connectivity index (χ0n) is 10.7. The molecule has 6 nitrogen and oxygen atoms in total. The molecule has 1 heterocycles. The molecule has 0 saturated carbocycles. The number of carbonyl (C=O) groups is 1. The molecule has 1 amide bonds. The predicted octanol–water partition coefficient (Wildman–Crippen LogP) is 1.51. The number of nitrogens with zero attached hydrogens (tertiary/aromatic N) is 1. The molecule has 0 aliphatic rings. The molecule has 0 radical (unpaired) electrons. The SMILES string of the molecule is Cc1ccccc1NC(=O)CSc1nc(O)cc(=O)[nH]1. The van der Waals surface area contributed by atoms with E-state index in [1.165, 1.54) is 0 Å². The van der Waals surface area contributed by atoms with Crippen LogP contribution in [0.5, 0.6) is 5.88 Å². The number of rotatable bonds is 4. The summed E-state index contributed by atoms with van der Waals surface area (Å²) in [6, 6.07) is 8.41. The number of hydrogen-bond acceptors (Lipinski definition) is 5. The van der Waals surface area contributed by atoms with E-state index in [0.717, 1.165) is 29.1 Å². The Morgan fingerprint density at radius 1 is 1.45 bits per heavy atom. The lowest BCUT2D eigenvalue weighted by Crippen LogP contribution is -2.15. The minimum Gasteiger partial charge on any atom is -0.493 e. The third kappa shape index (κ3) is 3.86. The van der Waals surface area contributed by atoms with Gasteiger partial charge in [-0.3, -0.25) is 9.59 Å². The van der Waals surface area contributed by atoms with Crippen molar-refractivity contribution in [2.45, 2.75) is 12.1 Å². The van der Waals surface area contributed by atoms with E-state index in [0.29, 0.717) is 0 Å². The Balaban J connectivity index is 1.96. The van der Waals surface area contributed by atoms with Crippen molar-refractivity contribution in [2.24, 2.45) is 0 Å². The number of anilines is 1. The Morgan fingerprint density at radius 3 is 2.90 bits per heavy atom. The molecule has 2 aromatic rings. The van der Waals surface area contributed by atoms with E-state index in [2.05, 4.69) is 15.3 Å². The van der Waals surface area contributed by atoms with E-state index in [9.17, 15) is 14.7 Å². The molecule has 104 valence electrons. The lowest BCUT2D eigenvalue weighted by molar-refractivity contribution is -0.113. The number of thioether (sulfide) groups is 1. The van der Waals surface area contributed by atoms with Gasteiger partial charge in [-0.15, -0.1) is 0 Å². The first-order valence-electron chi connectivity index (χ1n) is 5.83. The van der Waals surface area contributed by atoms with Crippen LogP contribution in [-0.2, 0) is 4.79 Å². The summed E-state index contributed by atoms with van der Waals surface area (Å²) in [6.45, 7) is 1.90. The summed E-state index contributed by atoms with van der Waals surface area (Å²) in [7, 11) is 0. The third-order valence-electron chi connectivity index (χ3n) is 2.47. The number of aryl methyl sites for hydroxylation is 1. The third-order valence-corrected chi connectivity index (χ3v) is 3.34. The highest BCUT2D eigenvalue weighted by Gasteiger charge is 2.07. The number of amides is 1. The minimum atomic E-state index is -0.459. The molecule has 20 heavy (non-hydrogen) atoms. The molecule has 7 heteroatoms. The fourth-order valence-corrected chi connectivity index (χ4v) is 2.20. The predicted molar refractivity (Wildman–Crippen MR) is 77.1 cm³/mol. The molecule has 0 spiro atoms. The van der Waals surface area contributed by atoms with Crippen molar-refractivity contribution in [1.82, 2.24) is 9.97 Å². The quantitative estimate of drug-likeness (QED) is 0.586. The van der Waals surface area contributed by atoms with Gasteiger partial charge in [-0.2, -0.15) is 4.98 Å². The van der Waals surface area contributed by atoms with E-state index in [1.54, 1.807) is 0 Å². The van der Waals surface area contributed by atoms with E-state index in [1.807, 2.05) is 31.2 Å². The molecular weight excluding hydrogens is 278 g/mol. The van der Waals surface area contributed by atoms with Gasteiger partial charge in [0.2, 0.25) is 11.8 Å². The standard InChI is InChI=1S/C13H13N3O3S/c1-8-4-2-3-5-9(8)14-12(19)7-20-13-15-10(17)6-11(18)16-13/h2-6H,7H2,1H3,(H,14,19)(H2,15,16,17,18). The Bertz CT molecular complexity index is 685. The molecule has 3 N–H and O–H groups in total. The van der Waals surface area contributed by atoms with Crippen LogP contribution in [0.1, 0.15) is 5.56 Å². The first-order valence-corrected chi connectivity index (χ1v) is 6.82. The maximum absolute atomic E-state index is 11.8. The van der Waals surface area contributed by atoms with Crippen LogP contribution < -0.4 is 10.9 Å². The summed E-state index contributed by atoms with van der Waals surface area (Å²) in [6.07, 6.45) is 0. The van der Waals surface area contributed by atoms with Crippen LogP contribution in [0, 0.1) is 6.92 Å². The van der Waals surface area contributed by atoms with Crippen molar-refractivity contribution in [3.05, 3.63) is 46.2 Å². The zero-order chi connectivity index (χ0) is 14.5. The summed E-state index contributed by atoms with van der Waals surface area (Å²) in [5.41, 5.74) is 1.25. The van der Waals surface area contributed by atoms with Gasteiger partial charge in [0.15, 0.2) is 5.16 Å². The van der Waals surface area contributed by atoms with E-state index in [4.69, 9.17) is 0 Å². The second-order valence-corrected chi connectivity index (χ2v) is 5.02. The van der Waals surface area contributed by atoms with Crippen molar-refractivity contribution in [3.63, 3.8) is 0 Å². The van der Waals surface area contributed by atoms with Crippen LogP contribution in [-0.4, -0.2) is 26.7 Å². The minimum absolute atomic E-state index is 0.0841. The van der Waals surface area contributed by atoms with Gasteiger partial charge in [0, 0.05) is 5.69 Å². The van der Waals surface area contributed by atoms with Crippen LogP contribution in [0.25, 0.3) is 0 Å². The van der Waals surface area contributed by atoms with Crippen molar-refractivity contribution in [3.8, 4) is 5.88 Å². The highest BCUT2D eigenvalue weighted by Crippen LogP contribution is 2.16. The van der Waals surface area contributed by atoms with E-state index in [-0.39, 0.29) is 22.7 Å². The smallest absolute Gasteiger partial charge is 0.255 e. The van der Waals surface area contributed by atoms with Gasteiger partial charge in [-0.1, -0.05) is 30.0 Å². The van der Waals surface area contributed by atoms with Gasteiger partial charge < -0.3 is 15.4 Å². The highest BCUT2D eigenvalue weighted by molar-refractivity contribution is 7.99. The molecule has 0 atom stereocenters. The van der Waals surface area contributed by atoms with E-state index >= 15 is 0 Å². The monoisotopic (exact) mass is 291 g/mol. The van der Waals surface area contributed by atoms with Gasteiger partial charge in [0.1, 0.15) is 0 Å². The zero-order valence-corrected chi connectivity index (χ0v) is 11.5. The highest BCUT2D eigenvalue weighted by atomic mass is 32.2. The van der Waals surface area contributed by atoms with Crippen molar-refractivity contribution < 1.29 is 9.90 Å². The Labute approximate surface area is 119 Å². The van der Waals surface area contributed by atoms with E-state index < -0.39 is 5.56 Å². The normalized spacial score (nSPS) is 10.2. The van der Waals surface area contributed by atoms with Crippen LogP contribution in [0.3, 0.4) is 0 Å². The Kier molecular flexibility index (Phi) is 4.41. The fraction of sp³-hybridized carbons (Fsp3) is 0.154. The van der Waals surface area contributed by atoms with Gasteiger partial charge in [0.25, 0.3) is 5.56 Å². The van der Waals surface area contributed by atoms with Gasteiger partial charge >= 0.3 is 0 Å². The number of aromatic nitrogens is 2. The number of carbonyl (C=O) groups excluding carboxylic acids is 1. The Morgan fingerprint density at radius 2 is 2.20 bits per heavy atom. The molecule has 0 bridgehead atoms. The van der Waals surface area contributed by atoms with Crippen LogP contribution >= 0.6 is 11.8 Å². The van der Waals surface area contributed by atoms with Crippen molar-refractivity contribution >= 4 is 23.4 Å². The lowest BCUT2D eigenvalue weighted by Gasteiger charge is -2.07. The number of nitrogens with one attached hydrogen (secondary N) is 2. The molecule has 0 aliphatic heterocycles.